The van der Waals surface area contributed by atoms with E-state index in [4.69, 9.17) is 0 Å². The highest BCUT2D eigenvalue weighted by molar-refractivity contribution is 5.95. The Balaban J connectivity index is 1.75. The lowest BCUT2D eigenvalue weighted by Gasteiger charge is -2.34. The number of rotatable bonds is 2. The first-order valence-corrected chi connectivity index (χ1v) is 8.29. The molecule has 0 bridgehead atoms. The largest absolute Gasteiger partial charge is 0.385 e. The summed E-state index contributed by atoms with van der Waals surface area (Å²) < 4.78 is 0. The summed E-state index contributed by atoms with van der Waals surface area (Å²) in [6.45, 7) is 3.34. The normalized spacial score (nSPS) is 24.9. The summed E-state index contributed by atoms with van der Waals surface area (Å²) in [5, 5.41) is 3.40. The summed E-state index contributed by atoms with van der Waals surface area (Å²) in [5.41, 5.74) is 3.34. The number of hydrogen-bond donors (Lipinski definition) is 1. The summed E-state index contributed by atoms with van der Waals surface area (Å²) in [4.78, 5) is 14.7. The second-order valence-corrected chi connectivity index (χ2v) is 6.74. The molecule has 0 radical (unpaired) electrons. The van der Waals surface area contributed by atoms with Crippen LogP contribution in [-0.2, 0) is 6.42 Å². The van der Waals surface area contributed by atoms with E-state index >= 15 is 0 Å². The van der Waals surface area contributed by atoms with Crippen molar-refractivity contribution in [3.8, 4) is 0 Å². The molecule has 21 heavy (non-hydrogen) atoms. The van der Waals surface area contributed by atoms with Crippen LogP contribution < -0.4 is 5.32 Å². The number of nitrogens with one attached hydrogen (secondary N) is 1. The second-order valence-electron chi connectivity index (χ2n) is 6.74. The van der Waals surface area contributed by atoms with Crippen molar-refractivity contribution in [2.24, 2.45) is 5.92 Å². The third-order valence-electron chi connectivity index (χ3n) is 5.07. The summed E-state index contributed by atoms with van der Waals surface area (Å²) in [6.07, 6.45) is 7.09. The maximum absolute atomic E-state index is 12.7. The monoisotopic (exact) mass is 286 g/mol. The molecule has 2 aliphatic rings. The average molecular weight is 286 g/mol. The van der Waals surface area contributed by atoms with Crippen molar-refractivity contribution in [2.45, 2.75) is 51.5 Å². The van der Waals surface area contributed by atoms with Gasteiger partial charge in [-0.3, -0.25) is 4.79 Å². The van der Waals surface area contributed by atoms with Gasteiger partial charge in [0.1, 0.15) is 0 Å². The smallest absolute Gasteiger partial charge is 0.253 e. The van der Waals surface area contributed by atoms with E-state index in [2.05, 4.69) is 24.4 Å². The zero-order valence-electron chi connectivity index (χ0n) is 13.2. The van der Waals surface area contributed by atoms with Crippen LogP contribution in [0.5, 0.6) is 0 Å². The number of benzene rings is 1. The molecule has 3 nitrogen and oxygen atoms in total. The molecular formula is C18H26N2O. The van der Waals surface area contributed by atoms with Crippen LogP contribution in [0.1, 0.15) is 54.9 Å². The number of carbonyl (C=O) groups is 1. The van der Waals surface area contributed by atoms with Crippen molar-refractivity contribution < 1.29 is 4.79 Å². The first-order chi connectivity index (χ1) is 10.1. The number of anilines is 1. The van der Waals surface area contributed by atoms with Crippen LogP contribution >= 0.6 is 0 Å². The van der Waals surface area contributed by atoms with E-state index < -0.39 is 0 Å². The van der Waals surface area contributed by atoms with E-state index in [1.54, 1.807) is 0 Å². The maximum Gasteiger partial charge on any atom is 0.253 e. The molecule has 0 spiro atoms. The minimum absolute atomic E-state index is 0.183. The molecule has 1 N–H and O–H groups in total. The molecule has 1 amide bonds. The molecule has 3 heteroatoms. The Morgan fingerprint density at radius 1 is 1.29 bits per heavy atom. The predicted molar refractivity (Wildman–Crippen MR) is 86.8 cm³/mol. The van der Waals surface area contributed by atoms with Crippen LogP contribution in [0.2, 0.25) is 0 Å². The number of hydrogen-bond acceptors (Lipinski definition) is 2. The molecule has 1 aromatic rings. The lowest BCUT2D eigenvalue weighted by atomic mass is 9.86. The highest BCUT2D eigenvalue weighted by Crippen LogP contribution is 2.28. The first kappa shape index (κ1) is 14.4. The average Bonchev–Trinajstić information content (AvgIpc) is 2.53. The molecule has 2 atom stereocenters. The van der Waals surface area contributed by atoms with Crippen molar-refractivity contribution in [3.63, 3.8) is 0 Å². The third kappa shape index (κ3) is 3.07. The van der Waals surface area contributed by atoms with Crippen LogP contribution in [0.3, 0.4) is 0 Å². The van der Waals surface area contributed by atoms with E-state index in [1.165, 1.54) is 24.1 Å². The van der Waals surface area contributed by atoms with Crippen molar-refractivity contribution in [1.82, 2.24) is 4.90 Å². The van der Waals surface area contributed by atoms with Crippen LogP contribution in [0.15, 0.2) is 18.2 Å². The molecular weight excluding hydrogens is 260 g/mol. The molecule has 1 aliphatic heterocycles. The van der Waals surface area contributed by atoms with E-state index in [0.717, 1.165) is 43.7 Å². The van der Waals surface area contributed by atoms with Gasteiger partial charge in [-0.1, -0.05) is 19.8 Å². The highest BCUT2D eigenvalue weighted by Gasteiger charge is 2.26. The summed E-state index contributed by atoms with van der Waals surface area (Å²) in [7, 11) is 1.97. The van der Waals surface area contributed by atoms with E-state index in [1.807, 2.05) is 18.0 Å². The molecule has 2 unspecified atom stereocenters. The van der Waals surface area contributed by atoms with Gasteiger partial charge < -0.3 is 10.2 Å². The number of amides is 1. The van der Waals surface area contributed by atoms with Gasteiger partial charge in [0.2, 0.25) is 0 Å². The number of fused-ring (bicyclic) bond motifs is 1. The van der Waals surface area contributed by atoms with E-state index in [9.17, 15) is 4.79 Å². The standard InChI is InChI=1S/C18H26N2O/c1-13-5-3-7-16(11-13)20(2)18(21)15-8-9-17-14(12-15)6-4-10-19-17/h8-9,12-13,16,19H,3-7,10-11H2,1-2H3. The van der Waals surface area contributed by atoms with Gasteiger partial charge in [0.15, 0.2) is 0 Å². The number of nitrogens with zero attached hydrogens (tertiary/aromatic N) is 1. The number of aryl methyl sites for hydroxylation is 1. The SMILES string of the molecule is CC1CCCC(N(C)C(=O)c2ccc3c(c2)CCCN3)C1. The molecule has 114 valence electrons. The third-order valence-corrected chi connectivity index (χ3v) is 5.07. The Morgan fingerprint density at radius 3 is 2.95 bits per heavy atom. The van der Waals surface area contributed by atoms with Crippen molar-refractivity contribution in [3.05, 3.63) is 29.3 Å². The minimum atomic E-state index is 0.183. The van der Waals surface area contributed by atoms with Crippen LogP contribution in [0.25, 0.3) is 0 Å². The molecule has 0 aromatic heterocycles. The van der Waals surface area contributed by atoms with Gasteiger partial charge in [-0.05, 0) is 55.4 Å². The summed E-state index contributed by atoms with van der Waals surface area (Å²) in [5.74, 6) is 0.925. The zero-order valence-corrected chi connectivity index (χ0v) is 13.2. The Morgan fingerprint density at radius 2 is 2.14 bits per heavy atom. The van der Waals surface area contributed by atoms with Crippen LogP contribution in [0.4, 0.5) is 5.69 Å². The van der Waals surface area contributed by atoms with Crippen LogP contribution in [0, 0.1) is 5.92 Å². The van der Waals surface area contributed by atoms with Gasteiger partial charge >= 0.3 is 0 Å². The number of carbonyl (C=O) groups excluding carboxylic acids is 1. The lowest BCUT2D eigenvalue weighted by molar-refractivity contribution is 0.0672. The fourth-order valence-electron chi connectivity index (χ4n) is 3.73. The molecule has 1 aromatic carbocycles. The van der Waals surface area contributed by atoms with Gasteiger partial charge in [-0.2, -0.15) is 0 Å². The quantitative estimate of drug-likeness (QED) is 0.899. The van der Waals surface area contributed by atoms with Gasteiger partial charge in [-0.15, -0.1) is 0 Å². The fourth-order valence-corrected chi connectivity index (χ4v) is 3.73. The van der Waals surface area contributed by atoms with Gasteiger partial charge in [0.05, 0.1) is 0 Å². The Kier molecular flexibility index (Phi) is 4.18. The van der Waals surface area contributed by atoms with Gasteiger partial charge in [0, 0.05) is 30.9 Å². The minimum Gasteiger partial charge on any atom is -0.385 e. The van der Waals surface area contributed by atoms with E-state index in [0.29, 0.717) is 6.04 Å². The second kappa shape index (κ2) is 6.08. The van der Waals surface area contributed by atoms with Crippen molar-refractivity contribution in [2.75, 3.05) is 18.9 Å². The lowest BCUT2D eigenvalue weighted by Crippen LogP contribution is -2.39. The Bertz CT molecular complexity index is 526. The molecule has 0 saturated heterocycles. The van der Waals surface area contributed by atoms with Gasteiger partial charge in [-0.25, -0.2) is 0 Å². The summed E-state index contributed by atoms with van der Waals surface area (Å²) >= 11 is 0. The van der Waals surface area contributed by atoms with E-state index in [-0.39, 0.29) is 5.91 Å². The molecule has 1 fully saturated rings. The van der Waals surface area contributed by atoms with Crippen molar-refractivity contribution >= 4 is 11.6 Å². The predicted octanol–water partition coefficient (Wildman–Crippen LogP) is 3.70. The topological polar surface area (TPSA) is 32.3 Å². The molecule has 1 aliphatic carbocycles. The van der Waals surface area contributed by atoms with Crippen LogP contribution in [-0.4, -0.2) is 30.4 Å². The maximum atomic E-state index is 12.7. The highest BCUT2D eigenvalue weighted by atomic mass is 16.2. The first-order valence-electron chi connectivity index (χ1n) is 8.29. The molecule has 1 saturated carbocycles. The molecule has 1 heterocycles. The Labute approximate surface area is 127 Å². The van der Waals surface area contributed by atoms with Gasteiger partial charge in [0.25, 0.3) is 5.91 Å². The van der Waals surface area contributed by atoms with Crippen molar-refractivity contribution in [1.29, 1.82) is 0 Å². The molecule has 3 rings (SSSR count). The summed E-state index contributed by atoms with van der Waals surface area (Å²) in [6, 6.07) is 6.55. The zero-order chi connectivity index (χ0) is 14.8. The Hall–Kier alpha value is -1.51. The fraction of sp³-hybridized carbons (Fsp3) is 0.611.